The van der Waals surface area contributed by atoms with E-state index in [9.17, 15) is 4.79 Å². The molecule has 7 nitrogen and oxygen atoms in total. The minimum absolute atomic E-state index is 0.188. The Morgan fingerprint density at radius 1 is 1.14 bits per heavy atom. The van der Waals surface area contributed by atoms with Gasteiger partial charge in [-0.2, -0.15) is 5.10 Å². The number of allylic oxidation sites excluding steroid dienone is 1. The Morgan fingerprint density at radius 3 is 2.69 bits per heavy atom. The van der Waals surface area contributed by atoms with Crippen LogP contribution in [0.3, 0.4) is 0 Å². The molecule has 3 aromatic rings. The maximum absolute atomic E-state index is 12.4. The standard InChI is InChI=1S/C27H31N5O2S/c1-20-14-16-22(17-15-20)26-30-31-27(32(26)23-11-4-3-5-12-23)35-19-25(33)29-28-18-8-10-21-9-6-7-13-24(21)34-2/h6-10,13-18,23H,3-5,11-12,19H2,1-2H3,(H,29,33)/b10-8+,28-18-. The van der Waals surface area contributed by atoms with Gasteiger partial charge in [0.25, 0.3) is 5.91 Å². The van der Waals surface area contributed by atoms with Crippen LogP contribution in [0.5, 0.6) is 5.75 Å². The third-order valence-electron chi connectivity index (χ3n) is 6.01. The van der Waals surface area contributed by atoms with Crippen molar-refractivity contribution in [3.05, 3.63) is 65.7 Å². The summed E-state index contributed by atoms with van der Waals surface area (Å²) in [5.74, 6) is 1.68. The molecular formula is C27H31N5O2S. The van der Waals surface area contributed by atoms with Gasteiger partial charge in [0, 0.05) is 23.4 Å². The van der Waals surface area contributed by atoms with Crippen molar-refractivity contribution in [2.24, 2.45) is 5.10 Å². The van der Waals surface area contributed by atoms with Crippen LogP contribution in [0, 0.1) is 6.92 Å². The van der Waals surface area contributed by atoms with Crippen molar-refractivity contribution in [1.29, 1.82) is 0 Å². The molecule has 4 rings (SSSR count). The van der Waals surface area contributed by atoms with Gasteiger partial charge in [-0.1, -0.05) is 79.1 Å². The van der Waals surface area contributed by atoms with Gasteiger partial charge in [0.15, 0.2) is 11.0 Å². The molecule has 0 bridgehead atoms. The highest BCUT2D eigenvalue weighted by molar-refractivity contribution is 7.99. The third kappa shape index (κ3) is 6.60. The fourth-order valence-corrected chi connectivity index (χ4v) is 5.01. The van der Waals surface area contributed by atoms with Crippen molar-refractivity contribution in [3.8, 4) is 17.1 Å². The Hall–Kier alpha value is -3.39. The monoisotopic (exact) mass is 489 g/mol. The molecule has 0 unspecified atom stereocenters. The molecule has 8 heteroatoms. The Labute approximate surface area is 210 Å². The number of nitrogens with zero attached hydrogens (tertiary/aromatic N) is 4. The van der Waals surface area contributed by atoms with E-state index in [0.717, 1.165) is 40.7 Å². The van der Waals surface area contributed by atoms with Gasteiger partial charge < -0.3 is 4.74 Å². The highest BCUT2D eigenvalue weighted by Gasteiger charge is 2.24. The molecule has 35 heavy (non-hydrogen) atoms. The van der Waals surface area contributed by atoms with E-state index < -0.39 is 0 Å². The lowest BCUT2D eigenvalue weighted by Gasteiger charge is -2.25. The number of carbonyl (C=O) groups is 1. The molecule has 1 aromatic heterocycles. The first-order chi connectivity index (χ1) is 17.2. The summed E-state index contributed by atoms with van der Waals surface area (Å²) in [6, 6.07) is 16.4. The molecule has 0 aliphatic heterocycles. The van der Waals surface area contributed by atoms with Crippen molar-refractivity contribution in [2.45, 2.75) is 50.2 Å². The first-order valence-electron chi connectivity index (χ1n) is 11.9. The summed E-state index contributed by atoms with van der Waals surface area (Å²) >= 11 is 1.40. The predicted molar refractivity (Wildman–Crippen MR) is 142 cm³/mol. The topological polar surface area (TPSA) is 81.4 Å². The van der Waals surface area contributed by atoms with Gasteiger partial charge in [-0.25, -0.2) is 5.43 Å². The molecule has 1 amide bonds. The predicted octanol–water partition coefficient (Wildman–Crippen LogP) is 5.67. The Bertz CT molecular complexity index is 1180. The summed E-state index contributed by atoms with van der Waals surface area (Å²) in [4.78, 5) is 12.4. The van der Waals surface area contributed by atoms with Crippen LogP contribution in [0.4, 0.5) is 0 Å². The van der Waals surface area contributed by atoms with Crippen LogP contribution in [0.25, 0.3) is 17.5 Å². The van der Waals surface area contributed by atoms with E-state index in [1.165, 1.54) is 36.6 Å². The molecule has 0 saturated heterocycles. The van der Waals surface area contributed by atoms with E-state index in [4.69, 9.17) is 4.74 Å². The van der Waals surface area contributed by atoms with Crippen LogP contribution >= 0.6 is 11.8 Å². The SMILES string of the molecule is COc1ccccc1/C=C/C=N\NC(=O)CSc1nnc(-c2ccc(C)cc2)n1C1CCCCC1. The van der Waals surface area contributed by atoms with Gasteiger partial charge in [0.1, 0.15) is 5.75 Å². The summed E-state index contributed by atoms with van der Waals surface area (Å²) in [6.07, 6.45) is 11.1. The molecule has 2 aromatic carbocycles. The highest BCUT2D eigenvalue weighted by Crippen LogP contribution is 2.35. The number of aromatic nitrogens is 3. The van der Waals surface area contributed by atoms with E-state index >= 15 is 0 Å². The van der Waals surface area contributed by atoms with Gasteiger partial charge in [-0.05, 0) is 38.0 Å². The zero-order valence-corrected chi connectivity index (χ0v) is 21.0. The van der Waals surface area contributed by atoms with Gasteiger partial charge in [-0.15, -0.1) is 10.2 Å². The first kappa shape index (κ1) is 24.7. The number of hydrogen-bond donors (Lipinski definition) is 1. The van der Waals surface area contributed by atoms with Crippen molar-refractivity contribution in [2.75, 3.05) is 12.9 Å². The molecule has 0 atom stereocenters. The number of carbonyl (C=O) groups excluding carboxylic acids is 1. The van der Waals surface area contributed by atoms with Crippen LogP contribution in [-0.2, 0) is 4.79 Å². The summed E-state index contributed by atoms with van der Waals surface area (Å²) in [6.45, 7) is 2.08. The molecular weight excluding hydrogens is 458 g/mol. The Balaban J connectivity index is 1.38. The Kier molecular flexibility index (Phi) is 8.73. The number of hydrogen-bond acceptors (Lipinski definition) is 6. The molecule has 1 N–H and O–H groups in total. The molecule has 1 heterocycles. The molecule has 0 radical (unpaired) electrons. The maximum Gasteiger partial charge on any atom is 0.250 e. The largest absolute Gasteiger partial charge is 0.496 e. The second-order valence-corrected chi connectivity index (χ2v) is 9.48. The number of hydrazone groups is 1. The normalized spacial score (nSPS) is 14.6. The lowest BCUT2D eigenvalue weighted by molar-refractivity contribution is -0.118. The number of thioether (sulfide) groups is 1. The number of rotatable bonds is 9. The summed E-state index contributed by atoms with van der Waals surface area (Å²) in [7, 11) is 1.64. The third-order valence-corrected chi connectivity index (χ3v) is 6.95. The lowest BCUT2D eigenvalue weighted by Crippen LogP contribution is -2.20. The van der Waals surface area contributed by atoms with Crippen LogP contribution < -0.4 is 10.2 Å². The van der Waals surface area contributed by atoms with Gasteiger partial charge in [0.2, 0.25) is 0 Å². The van der Waals surface area contributed by atoms with Gasteiger partial charge in [-0.3, -0.25) is 9.36 Å². The van der Waals surface area contributed by atoms with Crippen LogP contribution in [0.15, 0.2) is 64.9 Å². The highest BCUT2D eigenvalue weighted by atomic mass is 32.2. The fourth-order valence-electron chi connectivity index (χ4n) is 4.21. The number of aryl methyl sites for hydroxylation is 1. The first-order valence-corrected chi connectivity index (χ1v) is 12.9. The van der Waals surface area contributed by atoms with Crippen LogP contribution in [0.2, 0.25) is 0 Å². The van der Waals surface area contributed by atoms with Crippen LogP contribution in [0.1, 0.15) is 49.3 Å². The number of benzene rings is 2. The Morgan fingerprint density at radius 2 is 1.91 bits per heavy atom. The van der Waals surface area contributed by atoms with E-state index in [1.54, 1.807) is 19.4 Å². The fraction of sp³-hybridized carbons (Fsp3) is 0.333. The average Bonchev–Trinajstić information content (AvgIpc) is 3.32. The number of ether oxygens (including phenoxy) is 1. The summed E-state index contributed by atoms with van der Waals surface area (Å²) < 4.78 is 7.56. The molecule has 0 spiro atoms. The van der Waals surface area contributed by atoms with Gasteiger partial charge in [0.05, 0.1) is 12.9 Å². The lowest BCUT2D eigenvalue weighted by atomic mass is 9.95. The minimum Gasteiger partial charge on any atom is -0.496 e. The van der Waals surface area contributed by atoms with E-state index in [-0.39, 0.29) is 11.7 Å². The van der Waals surface area contributed by atoms with Crippen molar-refractivity contribution in [3.63, 3.8) is 0 Å². The number of amides is 1. The zero-order chi connectivity index (χ0) is 24.5. The zero-order valence-electron chi connectivity index (χ0n) is 20.2. The second-order valence-electron chi connectivity index (χ2n) is 8.54. The van der Waals surface area contributed by atoms with E-state index in [2.05, 4.69) is 56.5 Å². The van der Waals surface area contributed by atoms with Gasteiger partial charge >= 0.3 is 0 Å². The second kappa shape index (κ2) is 12.4. The number of nitrogens with one attached hydrogen (secondary N) is 1. The van der Waals surface area contributed by atoms with E-state index in [0.29, 0.717) is 6.04 Å². The quantitative estimate of drug-likeness (QED) is 0.238. The molecule has 1 aliphatic rings. The average molecular weight is 490 g/mol. The summed E-state index contributed by atoms with van der Waals surface area (Å²) in [5.41, 5.74) is 5.78. The molecule has 1 aliphatic carbocycles. The molecule has 1 saturated carbocycles. The molecule has 182 valence electrons. The van der Waals surface area contributed by atoms with Crippen molar-refractivity contribution >= 4 is 30.0 Å². The maximum atomic E-state index is 12.4. The van der Waals surface area contributed by atoms with Crippen LogP contribution in [-0.4, -0.2) is 39.7 Å². The number of para-hydroxylation sites is 1. The van der Waals surface area contributed by atoms with Crippen molar-refractivity contribution in [1.82, 2.24) is 20.2 Å². The number of methoxy groups -OCH3 is 1. The summed E-state index contributed by atoms with van der Waals surface area (Å²) in [5, 5.41) is 13.8. The van der Waals surface area contributed by atoms with Crippen molar-refractivity contribution < 1.29 is 9.53 Å². The smallest absolute Gasteiger partial charge is 0.250 e. The molecule has 1 fully saturated rings. The van der Waals surface area contributed by atoms with E-state index in [1.807, 2.05) is 30.3 Å². The minimum atomic E-state index is -0.188.